The highest BCUT2D eigenvalue weighted by molar-refractivity contribution is 6.30. The molecule has 5 heteroatoms. The number of hydrogen-bond acceptors (Lipinski definition) is 3. The van der Waals surface area contributed by atoms with Crippen molar-refractivity contribution in [2.24, 2.45) is 0 Å². The number of hydrogen-bond donors (Lipinski definition) is 1. The molecule has 1 heterocycles. The van der Waals surface area contributed by atoms with E-state index in [-0.39, 0.29) is 11.9 Å². The van der Waals surface area contributed by atoms with Gasteiger partial charge in [-0.15, -0.1) is 0 Å². The molecule has 4 nitrogen and oxygen atoms in total. The second kappa shape index (κ2) is 5.94. The summed E-state index contributed by atoms with van der Waals surface area (Å²) in [6.07, 6.45) is 1.44. The van der Waals surface area contributed by atoms with Crippen LogP contribution in [0, 0.1) is 11.3 Å². The van der Waals surface area contributed by atoms with Gasteiger partial charge in [0, 0.05) is 30.6 Å². The van der Waals surface area contributed by atoms with Crippen molar-refractivity contribution in [1.29, 1.82) is 5.26 Å². The van der Waals surface area contributed by atoms with Gasteiger partial charge in [0.2, 0.25) is 5.91 Å². The number of likely N-dealkylation sites (tertiary alicyclic amines) is 1. The molecule has 1 N–H and O–H groups in total. The molecule has 0 aromatic heterocycles. The summed E-state index contributed by atoms with van der Waals surface area (Å²) in [6, 6.07) is 7.54. The Morgan fingerprint density at radius 1 is 1.63 bits per heavy atom. The number of nitrogens with one attached hydrogen (secondary N) is 1. The molecule has 1 aliphatic heterocycles. The van der Waals surface area contributed by atoms with Crippen LogP contribution in [0.1, 0.15) is 25.3 Å². The summed E-state index contributed by atoms with van der Waals surface area (Å²) < 4.78 is 0. The maximum Gasteiger partial charge on any atom is 0.222 e. The third kappa shape index (κ3) is 3.18. The van der Waals surface area contributed by atoms with Crippen molar-refractivity contribution in [3.05, 3.63) is 28.8 Å². The highest BCUT2D eigenvalue weighted by Gasteiger charge is 2.25. The van der Waals surface area contributed by atoms with Crippen LogP contribution in [-0.2, 0) is 4.79 Å². The van der Waals surface area contributed by atoms with Crippen LogP contribution in [0.3, 0.4) is 0 Å². The minimum absolute atomic E-state index is 0.181. The summed E-state index contributed by atoms with van der Waals surface area (Å²) in [6.45, 7) is 3.34. The van der Waals surface area contributed by atoms with Crippen LogP contribution in [0.4, 0.5) is 5.69 Å². The fourth-order valence-corrected chi connectivity index (χ4v) is 2.46. The molecule has 19 heavy (non-hydrogen) atoms. The lowest BCUT2D eigenvalue weighted by molar-refractivity contribution is -0.129. The number of carbonyl (C=O) groups is 1. The maximum absolute atomic E-state index is 11.6. The molecule has 0 radical (unpaired) electrons. The lowest BCUT2D eigenvalue weighted by Gasteiger charge is -2.17. The van der Waals surface area contributed by atoms with Crippen molar-refractivity contribution < 1.29 is 4.79 Å². The molecule has 0 saturated carbocycles. The third-order valence-electron chi connectivity index (χ3n) is 3.31. The average Bonchev–Trinajstić information content (AvgIpc) is 2.88. The Balaban J connectivity index is 2.04. The first-order valence-corrected chi connectivity index (χ1v) is 6.75. The van der Waals surface area contributed by atoms with E-state index in [0.29, 0.717) is 23.6 Å². The second-order valence-corrected chi connectivity index (χ2v) is 5.06. The van der Waals surface area contributed by atoms with Crippen molar-refractivity contribution in [2.45, 2.75) is 25.8 Å². The van der Waals surface area contributed by atoms with Gasteiger partial charge in [-0.25, -0.2) is 0 Å². The van der Waals surface area contributed by atoms with E-state index in [1.54, 1.807) is 12.1 Å². The van der Waals surface area contributed by atoms with E-state index < -0.39 is 0 Å². The fourth-order valence-electron chi connectivity index (χ4n) is 2.28. The number of amides is 1. The van der Waals surface area contributed by atoms with E-state index in [2.05, 4.69) is 11.4 Å². The quantitative estimate of drug-likeness (QED) is 0.924. The van der Waals surface area contributed by atoms with Crippen LogP contribution in [0.5, 0.6) is 0 Å². The van der Waals surface area contributed by atoms with Gasteiger partial charge < -0.3 is 10.2 Å². The molecular formula is C14H16ClN3O. The summed E-state index contributed by atoms with van der Waals surface area (Å²) in [5, 5.41) is 13.0. The topological polar surface area (TPSA) is 56.1 Å². The van der Waals surface area contributed by atoms with E-state index >= 15 is 0 Å². The number of nitriles is 1. The minimum Gasteiger partial charge on any atom is -0.379 e. The zero-order valence-corrected chi connectivity index (χ0v) is 11.6. The normalized spacial score (nSPS) is 18.2. The molecule has 1 aromatic carbocycles. The standard InChI is InChI=1S/C14H16ClN3O/c1-2-14(19)18-6-5-12(9-18)17-13-4-3-11(15)7-10(13)8-16/h3-4,7,12,17H,2,5-6,9H2,1H3. The molecule has 1 aromatic rings. The Bertz CT molecular complexity index is 524. The van der Waals surface area contributed by atoms with Gasteiger partial charge in [-0.3, -0.25) is 4.79 Å². The summed E-state index contributed by atoms with van der Waals surface area (Å²) >= 11 is 5.86. The van der Waals surface area contributed by atoms with Gasteiger partial charge in [0.1, 0.15) is 6.07 Å². The lowest BCUT2D eigenvalue weighted by Crippen LogP contribution is -2.31. The molecular weight excluding hydrogens is 262 g/mol. The average molecular weight is 278 g/mol. The predicted molar refractivity (Wildman–Crippen MR) is 75.1 cm³/mol. The van der Waals surface area contributed by atoms with Gasteiger partial charge in [0.25, 0.3) is 0 Å². The van der Waals surface area contributed by atoms with Crippen LogP contribution in [0.2, 0.25) is 5.02 Å². The van der Waals surface area contributed by atoms with Crippen molar-refractivity contribution in [1.82, 2.24) is 4.90 Å². The van der Waals surface area contributed by atoms with Crippen molar-refractivity contribution in [3.63, 3.8) is 0 Å². The van der Waals surface area contributed by atoms with Crippen molar-refractivity contribution in [2.75, 3.05) is 18.4 Å². The Hall–Kier alpha value is -1.73. The third-order valence-corrected chi connectivity index (χ3v) is 3.54. The Kier molecular flexibility index (Phi) is 4.28. The van der Waals surface area contributed by atoms with Gasteiger partial charge >= 0.3 is 0 Å². The molecule has 1 unspecified atom stereocenters. The number of rotatable bonds is 3. The second-order valence-electron chi connectivity index (χ2n) is 4.62. The lowest BCUT2D eigenvalue weighted by atomic mass is 10.1. The van der Waals surface area contributed by atoms with Gasteiger partial charge in [0.15, 0.2) is 0 Å². The van der Waals surface area contributed by atoms with Crippen LogP contribution in [0.15, 0.2) is 18.2 Å². The number of nitrogens with zero attached hydrogens (tertiary/aromatic N) is 2. The smallest absolute Gasteiger partial charge is 0.222 e. The number of anilines is 1. The monoisotopic (exact) mass is 277 g/mol. The molecule has 1 fully saturated rings. The Morgan fingerprint density at radius 3 is 3.11 bits per heavy atom. The van der Waals surface area contributed by atoms with Crippen LogP contribution in [-0.4, -0.2) is 29.9 Å². The van der Waals surface area contributed by atoms with E-state index in [4.69, 9.17) is 16.9 Å². The number of carbonyl (C=O) groups excluding carboxylic acids is 1. The Morgan fingerprint density at radius 2 is 2.42 bits per heavy atom. The molecule has 1 amide bonds. The molecule has 0 bridgehead atoms. The predicted octanol–water partition coefficient (Wildman–Crippen LogP) is 2.63. The zero-order chi connectivity index (χ0) is 13.8. The molecule has 1 aliphatic rings. The van der Waals surface area contributed by atoms with Crippen molar-refractivity contribution >= 4 is 23.2 Å². The van der Waals surface area contributed by atoms with Crippen molar-refractivity contribution in [3.8, 4) is 6.07 Å². The molecule has 0 aliphatic carbocycles. The first-order valence-electron chi connectivity index (χ1n) is 6.38. The van der Waals surface area contributed by atoms with Gasteiger partial charge in [-0.05, 0) is 24.6 Å². The summed E-state index contributed by atoms with van der Waals surface area (Å²) in [7, 11) is 0. The minimum atomic E-state index is 0.181. The number of halogens is 1. The number of benzene rings is 1. The van der Waals surface area contributed by atoms with E-state index in [0.717, 1.165) is 18.7 Å². The van der Waals surface area contributed by atoms with Gasteiger partial charge in [0.05, 0.1) is 11.3 Å². The molecule has 1 atom stereocenters. The van der Waals surface area contributed by atoms with Crippen LogP contribution in [0.25, 0.3) is 0 Å². The van der Waals surface area contributed by atoms with Gasteiger partial charge in [-0.1, -0.05) is 18.5 Å². The Labute approximate surface area is 118 Å². The van der Waals surface area contributed by atoms with Crippen LogP contribution >= 0.6 is 11.6 Å². The maximum atomic E-state index is 11.6. The van der Waals surface area contributed by atoms with E-state index in [9.17, 15) is 4.79 Å². The summed E-state index contributed by atoms with van der Waals surface area (Å²) in [5.74, 6) is 0.181. The summed E-state index contributed by atoms with van der Waals surface area (Å²) in [5.41, 5.74) is 1.32. The van der Waals surface area contributed by atoms with E-state index in [1.165, 1.54) is 0 Å². The van der Waals surface area contributed by atoms with Crippen LogP contribution < -0.4 is 5.32 Å². The fraction of sp³-hybridized carbons (Fsp3) is 0.429. The first kappa shape index (κ1) is 13.7. The highest BCUT2D eigenvalue weighted by Crippen LogP contribution is 2.23. The molecule has 1 saturated heterocycles. The largest absolute Gasteiger partial charge is 0.379 e. The highest BCUT2D eigenvalue weighted by atomic mass is 35.5. The summed E-state index contributed by atoms with van der Waals surface area (Å²) in [4.78, 5) is 13.5. The molecule has 2 rings (SSSR count). The molecule has 0 spiro atoms. The van der Waals surface area contributed by atoms with Gasteiger partial charge in [-0.2, -0.15) is 5.26 Å². The molecule has 100 valence electrons. The zero-order valence-electron chi connectivity index (χ0n) is 10.8. The first-order chi connectivity index (χ1) is 9.13. The SMILES string of the molecule is CCC(=O)N1CCC(Nc2ccc(Cl)cc2C#N)C1. The van der Waals surface area contributed by atoms with E-state index in [1.807, 2.05) is 17.9 Å².